The molecule has 104 valence electrons. The molecule has 20 heavy (non-hydrogen) atoms. The number of halogens is 2. The van der Waals surface area contributed by atoms with Gasteiger partial charge in [0.25, 0.3) is 0 Å². The molecular weight excluding hydrogens is 262 g/mol. The Labute approximate surface area is 116 Å². The molecular formula is C16H14F2O2. The summed E-state index contributed by atoms with van der Waals surface area (Å²) in [6.07, 6.45) is 0. The van der Waals surface area contributed by atoms with Crippen molar-refractivity contribution in [2.45, 2.75) is 13.8 Å². The Hall–Kier alpha value is -2.23. The molecule has 0 heterocycles. The van der Waals surface area contributed by atoms with Gasteiger partial charge in [-0.15, -0.1) is 0 Å². The van der Waals surface area contributed by atoms with E-state index in [9.17, 15) is 13.6 Å². The number of Topliss-reactive ketones (excluding diaryl/α,β-unsaturated/α-hetero) is 1. The molecule has 0 bridgehead atoms. The van der Waals surface area contributed by atoms with Gasteiger partial charge in [0.1, 0.15) is 17.4 Å². The molecule has 0 atom stereocenters. The van der Waals surface area contributed by atoms with Crippen LogP contribution in [0.25, 0.3) is 0 Å². The predicted octanol–water partition coefficient (Wildman–Crippen LogP) is 3.84. The molecule has 0 saturated heterocycles. The maximum Gasteiger partial charge on any atom is 0.206 e. The van der Waals surface area contributed by atoms with Crippen LogP contribution in [0.4, 0.5) is 8.78 Å². The van der Waals surface area contributed by atoms with E-state index in [2.05, 4.69) is 0 Å². The van der Waals surface area contributed by atoms with Crippen molar-refractivity contribution in [1.82, 2.24) is 0 Å². The Morgan fingerprint density at radius 3 is 2.35 bits per heavy atom. The monoisotopic (exact) mass is 276 g/mol. The molecule has 0 N–H and O–H groups in total. The minimum atomic E-state index is -0.876. The fraction of sp³-hybridized carbons (Fsp3) is 0.188. The zero-order valence-electron chi connectivity index (χ0n) is 11.2. The van der Waals surface area contributed by atoms with Crippen molar-refractivity contribution in [3.8, 4) is 5.75 Å². The molecule has 2 aromatic carbocycles. The van der Waals surface area contributed by atoms with E-state index in [1.54, 1.807) is 6.07 Å². The van der Waals surface area contributed by atoms with Gasteiger partial charge in [0, 0.05) is 0 Å². The number of aryl methyl sites for hydroxylation is 2. The second kappa shape index (κ2) is 5.82. The van der Waals surface area contributed by atoms with Crippen LogP contribution >= 0.6 is 0 Å². The Balaban J connectivity index is 2.13. The summed E-state index contributed by atoms with van der Waals surface area (Å²) in [7, 11) is 0. The van der Waals surface area contributed by atoms with Crippen LogP contribution in [-0.4, -0.2) is 12.4 Å². The van der Waals surface area contributed by atoms with Gasteiger partial charge in [0.2, 0.25) is 5.78 Å². The average Bonchev–Trinajstić information content (AvgIpc) is 2.37. The highest BCUT2D eigenvalue weighted by Crippen LogP contribution is 2.19. The Bertz CT molecular complexity index is 631. The van der Waals surface area contributed by atoms with E-state index in [0.29, 0.717) is 5.75 Å². The SMILES string of the molecule is Cc1ccc(OCC(=O)c2c(F)cccc2F)c(C)c1. The van der Waals surface area contributed by atoms with E-state index in [4.69, 9.17) is 4.74 Å². The first-order valence-electron chi connectivity index (χ1n) is 6.16. The lowest BCUT2D eigenvalue weighted by Crippen LogP contribution is -2.15. The predicted molar refractivity (Wildman–Crippen MR) is 72.1 cm³/mol. The number of hydrogen-bond acceptors (Lipinski definition) is 2. The van der Waals surface area contributed by atoms with Gasteiger partial charge >= 0.3 is 0 Å². The zero-order valence-corrected chi connectivity index (χ0v) is 11.2. The van der Waals surface area contributed by atoms with Gasteiger partial charge < -0.3 is 4.74 Å². The topological polar surface area (TPSA) is 26.3 Å². The average molecular weight is 276 g/mol. The summed E-state index contributed by atoms with van der Waals surface area (Å²) in [6, 6.07) is 8.79. The van der Waals surface area contributed by atoms with E-state index in [1.807, 2.05) is 26.0 Å². The van der Waals surface area contributed by atoms with Gasteiger partial charge in [-0.05, 0) is 37.6 Å². The molecule has 0 saturated carbocycles. The molecule has 2 rings (SSSR count). The molecule has 0 aliphatic carbocycles. The minimum absolute atomic E-state index is 0.401. The van der Waals surface area contributed by atoms with Crippen molar-refractivity contribution in [3.63, 3.8) is 0 Å². The van der Waals surface area contributed by atoms with Crippen LogP contribution < -0.4 is 4.74 Å². The van der Waals surface area contributed by atoms with E-state index in [1.165, 1.54) is 6.07 Å². The number of carbonyl (C=O) groups excluding carboxylic acids is 1. The third-order valence-electron chi connectivity index (χ3n) is 2.93. The number of carbonyl (C=O) groups is 1. The lowest BCUT2D eigenvalue weighted by molar-refractivity contribution is 0.0912. The van der Waals surface area contributed by atoms with Gasteiger partial charge in [-0.2, -0.15) is 0 Å². The van der Waals surface area contributed by atoms with Crippen LogP contribution in [0.15, 0.2) is 36.4 Å². The largest absolute Gasteiger partial charge is 0.485 e. The maximum atomic E-state index is 13.4. The smallest absolute Gasteiger partial charge is 0.206 e. The van der Waals surface area contributed by atoms with Crippen LogP contribution in [-0.2, 0) is 0 Å². The lowest BCUT2D eigenvalue weighted by atomic mass is 10.1. The van der Waals surface area contributed by atoms with Gasteiger partial charge in [-0.25, -0.2) is 8.78 Å². The number of rotatable bonds is 4. The number of ether oxygens (including phenoxy) is 1. The van der Waals surface area contributed by atoms with E-state index in [-0.39, 0.29) is 0 Å². The van der Waals surface area contributed by atoms with Crippen molar-refractivity contribution in [2.24, 2.45) is 0 Å². The first kappa shape index (κ1) is 14.2. The summed E-state index contributed by atoms with van der Waals surface area (Å²) in [4.78, 5) is 11.8. The van der Waals surface area contributed by atoms with Crippen LogP contribution in [0.2, 0.25) is 0 Å². The van der Waals surface area contributed by atoms with E-state index in [0.717, 1.165) is 23.3 Å². The molecule has 0 aliphatic heterocycles. The molecule has 0 aromatic heterocycles. The first-order valence-corrected chi connectivity index (χ1v) is 6.16. The molecule has 2 nitrogen and oxygen atoms in total. The molecule has 0 spiro atoms. The molecule has 4 heteroatoms. The second-order valence-electron chi connectivity index (χ2n) is 4.58. The number of benzene rings is 2. The quantitative estimate of drug-likeness (QED) is 0.793. The minimum Gasteiger partial charge on any atom is -0.485 e. The highest BCUT2D eigenvalue weighted by molar-refractivity contribution is 5.97. The van der Waals surface area contributed by atoms with E-state index < -0.39 is 29.6 Å². The molecule has 0 unspecified atom stereocenters. The third-order valence-corrected chi connectivity index (χ3v) is 2.93. The maximum absolute atomic E-state index is 13.4. The standard InChI is InChI=1S/C16H14F2O2/c1-10-6-7-15(11(2)8-10)20-9-14(19)16-12(17)4-3-5-13(16)18/h3-8H,9H2,1-2H3. The van der Waals surface area contributed by atoms with Crippen LogP contribution in [0, 0.1) is 25.5 Å². The highest BCUT2D eigenvalue weighted by atomic mass is 19.1. The van der Waals surface area contributed by atoms with Gasteiger partial charge in [0.05, 0.1) is 5.56 Å². The summed E-state index contributed by atoms with van der Waals surface area (Å²) in [5.41, 5.74) is 1.38. The molecule has 0 fully saturated rings. The second-order valence-corrected chi connectivity index (χ2v) is 4.58. The first-order chi connectivity index (χ1) is 9.49. The molecule has 2 aromatic rings. The van der Waals surface area contributed by atoms with Crippen molar-refractivity contribution < 1.29 is 18.3 Å². The third kappa shape index (κ3) is 3.02. The molecule has 0 radical (unpaired) electrons. The van der Waals surface area contributed by atoms with Crippen LogP contribution in [0.3, 0.4) is 0 Å². The normalized spacial score (nSPS) is 10.4. The fourth-order valence-corrected chi connectivity index (χ4v) is 1.94. The van der Waals surface area contributed by atoms with Crippen molar-refractivity contribution >= 4 is 5.78 Å². The molecule has 0 amide bonds. The van der Waals surface area contributed by atoms with Gasteiger partial charge in [-0.3, -0.25) is 4.79 Å². The van der Waals surface area contributed by atoms with Crippen molar-refractivity contribution in [2.75, 3.05) is 6.61 Å². The Morgan fingerprint density at radius 2 is 1.75 bits per heavy atom. The Morgan fingerprint density at radius 1 is 1.10 bits per heavy atom. The van der Waals surface area contributed by atoms with E-state index >= 15 is 0 Å². The van der Waals surface area contributed by atoms with Gasteiger partial charge in [-0.1, -0.05) is 23.8 Å². The van der Waals surface area contributed by atoms with Crippen molar-refractivity contribution in [3.05, 3.63) is 64.7 Å². The summed E-state index contributed by atoms with van der Waals surface area (Å²) in [5.74, 6) is -1.94. The summed E-state index contributed by atoms with van der Waals surface area (Å²) in [5, 5.41) is 0. The zero-order chi connectivity index (χ0) is 14.7. The Kier molecular flexibility index (Phi) is 4.13. The summed E-state index contributed by atoms with van der Waals surface area (Å²) < 4.78 is 32.2. The number of hydrogen-bond donors (Lipinski definition) is 0. The molecule has 0 aliphatic rings. The highest BCUT2D eigenvalue weighted by Gasteiger charge is 2.17. The summed E-state index contributed by atoms with van der Waals surface area (Å²) in [6.45, 7) is 3.38. The fourth-order valence-electron chi connectivity index (χ4n) is 1.94. The van der Waals surface area contributed by atoms with Gasteiger partial charge in [0.15, 0.2) is 6.61 Å². The summed E-state index contributed by atoms with van der Waals surface area (Å²) >= 11 is 0. The van der Waals surface area contributed by atoms with Crippen LogP contribution in [0.1, 0.15) is 21.5 Å². The lowest BCUT2D eigenvalue weighted by Gasteiger charge is -2.09. The van der Waals surface area contributed by atoms with Crippen LogP contribution in [0.5, 0.6) is 5.75 Å². The number of ketones is 1. The van der Waals surface area contributed by atoms with Crippen molar-refractivity contribution in [1.29, 1.82) is 0 Å².